The smallest absolute Gasteiger partial charge is 0.203 e. The van der Waals surface area contributed by atoms with E-state index in [1.807, 2.05) is 6.20 Å². The maximum Gasteiger partial charge on any atom is 0.203 e. The van der Waals surface area contributed by atoms with Crippen LogP contribution in [0.1, 0.15) is 38.6 Å². The van der Waals surface area contributed by atoms with Gasteiger partial charge < -0.3 is 9.88 Å². The van der Waals surface area contributed by atoms with Crippen LogP contribution in [0.15, 0.2) is 12.4 Å². The number of nitrogens with zero attached hydrogens (tertiary/aromatic N) is 2. The molecule has 1 aromatic heterocycles. The molecule has 1 aromatic rings. The zero-order chi connectivity index (χ0) is 10.3. The van der Waals surface area contributed by atoms with Gasteiger partial charge in [-0.05, 0) is 38.0 Å². The summed E-state index contributed by atoms with van der Waals surface area (Å²) in [6, 6.07) is 0.722. The van der Waals surface area contributed by atoms with Gasteiger partial charge in [0.2, 0.25) is 5.95 Å². The van der Waals surface area contributed by atoms with Crippen molar-refractivity contribution >= 4 is 5.95 Å². The third kappa shape index (κ3) is 1.45. The first-order valence-electron chi connectivity index (χ1n) is 6.15. The van der Waals surface area contributed by atoms with Crippen molar-refractivity contribution in [2.45, 2.75) is 38.6 Å². The van der Waals surface area contributed by atoms with Crippen LogP contribution >= 0.6 is 0 Å². The van der Waals surface area contributed by atoms with Crippen LogP contribution in [0.4, 0.5) is 5.95 Å². The first kappa shape index (κ1) is 9.25. The number of hydrogen-bond donors (Lipinski definition) is 1. The molecule has 0 spiro atoms. The predicted molar refractivity (Wildman–Crippen MR) is 60.9 cm³/mol. The Labute approximate surface area is 90.9 Å². The molecule has 0 aromatic carbocycles. The molecule has 15 heavy (non-hydrogen) atoms. The van der Waals surface area contributed by atoms with E-state index in [0.717, 1.165) is 30.4 Å². The highest BCUT2D eigenvalue weighted by Crippen LogP contribution is 2.51. The Morgan fingerprint density at radius 1 is 1.47 bits per heavy atom. The summed E-state index contributed by atoms with van der Waals surface area (Å²) < 4.78 is 2.37. The van der Waals surface area contributed by atoms with Gasteiger partial charge in [0.1, 0.15) is 0 Å². The Hall–Kier alpha value is -0.990. The lowest BCUT2D eigenvalue weighted by Crippen LogP contribution is -2.18. The van der Waals surface area contributed by atoms with Gasteiger partial charge in [0.15, 0.2) is 0 Å². The Bertz CT molecular complexity index is 344. The molecule has 0 saturated heterocycles. The lowest BCUT2D eigenvalue weighted by Gasteiger charge is -2.24. The van der Waals surface area contributed by atoms with Crippen LogP contribution in [-0.2, 0) is 0 Å². The van der Waals surface area contributed by atoms with Crippen molar-refractivity contribution in [3.8, 4) is 0 Å². The zero-order valence-corrected chi connectivity index (χ0v) is 9.32. The number of rotatable bonds is 3. The van der Waals surface area contributed by atoms with Gasteiger partial charge in [-0.2, -0.15) is 0 Å². The molecule has 1 heterocycles. The van der Waals surface area contributed by atoms with E-state index in [2.05, 4.69) is 28.0 Å². The zero-order valence-electron chi connectivity index (χ0n) is 9.32. The molecule has 3 unspecified atom stereocenters. The van der Waals surface area contributed by atoms with E-state index in [-0.39, 0.29) is 0 Å². The molecule has 0 radical (unpaired) electrons. The van der Waals surface area contributed by atoms with Crippen molar-refractivity contribution in [2.24, 2.45) is 11.8 Å². The highest BCUT2D eigenvalue weighted by atomic mass is 15.2. The molecule has 82 valence electrons. The van der Waals surface area contributed by atoms with E-state index < -0.39 is 0 Å². The summed E-state index contributed by atoms with van der Waals surface area (Å²) in [5, 5.41) is 3.34. The van der Waals surface area contributed by atoms with E-state index in [0.29, 0.717) is 0 Å². The molecule has 0 aliphatic heterocycles. The van der Waals surface area contributed by atoms with Crippen LogP contribution in [0.5, 0.6) is 0 Å². The SMILES string of the molecule is CCNc1nccn1C1CC2CCC1C2. The highest BCUT2D eigenvalue weighted by Gasteiger charge is 2.40. The molecule has 3 rings (SSSR count). The van der Waals surface area contributed by atoms with Gasteiger partial charge in [0, 0.05) is 25.0 Å². The van der Waals surface area contributed by atoms with E-state index in [9.17, 15) is 0 Å². The molecular formula is C12H19N3. The van der Waals surface area contributed by atoms with Gasteiger partial charge >= 0.3 is 0 Å². The lowest BCUT2D eigenvalue weighted by atomic mass is 9.95. The van der Waals surface area contributed by atoms with Crippen molar-refractivity contribution in [1.29, 1.82) is 0 Å². The quantitative estimate of drug-likeness (QED) is 0.822. The van der Waals surface area contributed by atoms with Gasteiger partial charge in [-0.25, -0.2) is 4.98 Å². The molecular weight excluding hydrogens is 186 g/mol. The summed E-state index contributed by atoms with van der Waals surface area (Å²) in [6.45, 7) is 3.08. The topological polar surface area (TPSA) is 29.9 Å². The molecule has 2 fully saturated rings. The molecule has 2 saturated carbocycles. The fraction of sp³-hybridized carbons (Fsp3) is 0.750. The monoisotopic (exact) mass is 205 g/mol. The predicted octanol–water partition coefficient (Wildman–Crippen LogP) is 2.68. The summed E-state index contributed by atoms with van der Waals surface area (Å²) in [5.41, 5.74) is 0. The second kappa shape index (κ2) is 3.54. The number of imidazole rings is 1. The molecule has 2 aliphatic rings. The van der Waals surface area contributed by atoms with E-state index in [1.165, 1.54) is 25.7 Å². The van der Waals surface area contributed by atoms with E-state index >= 15 is 0 Å². The number of nitrogens with one attached hydrogen (secondary N) is 1. The summed E-state index contributed by atoms with van der Waals surface area (Å²) in [7, 11) is 0. The molecule has 3 heteroatoms. The maximum atomic E-state index is 4.39. The second-order valence-electron chi connectivity index (χ2n) is 4.93. The fourth-order valence-corrected chi connectivity index (χ4v) is 3.43. The summed E-state index contributed by atoms with van der Waals surface area (Å²) >= 11 is 0. The normalized spacial score (nSPS) is 33.5. The average molecular weight is 205 g/mol. The first-order valence-corrected chi connectivity index (χ1v) is 6.15. The van der Waals surface area contributed by atoms with Crippen LogP contribution in [-0.4, -0.2) is 16.1 Å². The van der Waals surface area contributed by atoms with E-state index in [1.54, 1.807) is 0 Å². The van der Waals surface area contributed by atoms with Crippen LogP contribution in [0.2, 0.25) is 0 Å². The molecule has 3 atom stereocenters. The fourth-order valence-electron chi connectivity index (χ4n) is 3.43. The van der Waals surface area contributed by atoms with Gasteiger partial charge in [0.05, 0.1) is 0 Å². The number of aromatic nitrogens is 2. The Morgan fingerprint density at radius 2 is 2.40 bits per heavy atom. The Balaban J connectivity index is 1.83. The number of hydrogen-bond acceptors (Lipinski definition) is 2. The Morgan fingerprint density at radius 3 is 3.07 bits per heavy atom. The molecule has 1 N–H and O–H groups in total. The Kier molecular flexibility index (Phi) is 2.19. The van der Waals surface area contributed by atoms with Crippen molar-refractivity contribution in [1.82, 2.24) is 9.55 Å². The van der Waals surface area contributed by atoms with Crippen LogP contribution in [0, 0.1) is 11.8 Å². The molecule has 2 aliphatic carbocycles. The third-order valence-corrected chi connectivity index (χ3v) is 4.06. The van der Waals surface area contributed by atoms with Crippen molar-refractivity contribution in [3.63, 3.8) is 0 Å². The van der Waals surface area contributed by atoms with Crippen molar-refractivity contribution in [2.75, 3.05) is 11.9 Å². The summed E-state index contributed by atoms with van der Waals surface area (Å²) in [4.78, 5) is 4.39. The van der Waals surface area contributed by atoms with Crippen LogP contribution in [0.25, 0.3) is 0 Å². The molecule has 2 bridgehead atoms. The van der Waals surface area contributed by atoms with Gasteiger partial charge in [-0.15, -0.1) is 0 Å². The molecule has 3 nitrogen and oxygen atoms in total. The minimum absolute atomic E-state index is 0.722. The lowest BCUT2D eigenvalue weighted by molar-refractivity contribution is 0.332. The van der Waals surface area contributed by atoms with Crippen molar-refractivity contribution < 1.29 is 0 Å². The maximum absolute atomic E-state index is 4.39. The standard InChI is InChI=1S/C12H19N3/c1-2-13-12-14-5-6-15(12)11-8-9-3-4-10(11)7-9/h5-6,9-11H,2-4,7-8H2,1H3,(H,13,14). The van der Waals surface area contributed by atoms with Gasteiger partial charge in [0.25, 0.3) is 0 Å². The number of fused-ring (bicyclic) bond motifs is 2. The minimum atomic E-state index is 0.722. The minimum Gasteiger partial charge on any atom is -0.356 e. The third-order valence-electron chi connectivity index (χ3n) is 4.06. The van der Waals surface area contributed by atoms with E-state index in [4.69, 9.17) is 0 Å². The highest BCUT2D eigenvalue weighted by molar-refractivity contribution is 5.27. The number of anilines is 1. The van der Waals surface area contributed by atoms with Gasteiger partial charge in [-0.1, -0.05) is 6.42 Å². The summed E-state index contributed by atoms with van der Waals surface area (Å²) in [6.07, 6.45) is 9.78. The van der Waals surface area contributed by atoms with Crippen LogP contribution in [0.3, 0.4) is 0 Å². The first-order chi connectivity index (χ1) is 7.38. The largest absolute Gasteiger partial charge is 0.356 e. The van der Waals surface area contributed by atoms with Crippen molar-refractivity contribution in [3.05, 3.63) is 12.4 Å². The van der Waals surface area contributed by atoms with Crippen LogP contribution < -0.4 is 5.32 Å². The average Bonchev–Trinajstić information content (AvgIpc) is 2.91. The second-order valence-corrected chi connectivity index (χ2v) is 4.93. The molecule has 0 amide bonds. The summed E-state index contributed by atoms with van der Waals surface area (Å²) in [5.74, 6) is 2.98. The van der Waals surface area contributed by atoms with Gasteiger partial charge in [-0.3, -0.25) is 0 Å².